The Kier molecular flexibility index (Phi) is 19.1. The molecular formula is C131H89N5S3. The van der Waals surface area contributed by atoms with Gasteiger partial charge in [-0.05, 0) is 174 Å². The number of rotatable bonds is 9. The minimum Gasteiger partial charge on any atom is -0.309 e. The van der Waals surface area contributed by atoms with Crippen LogP contribution in [-0.2, 0) is 10.8 Å². The maximum Gasteiger partial charge on any atom is 0.160 e. The Labute approximate surface area is 816 Å². The Morgan fingerprint density at radius 3 is 1.01 bits per heavy atom. The molecule has 21 aromatic carbocycles. The van der Waals surface area contributed by atoms with E-state index in [1.54, 1.807) is 0 Å². The Hall–Kier alpha value is -16.5. The maximum atomic E-state index is 4.62. The van der Waals surface area contributed by atoms with E-state index in [4.69, 9.17) is 0 Å². The third kappa shape index (κ3) is 13.1. The summed E-state index contributed by atoms with van der Waals surface area (Å²) >= 11 is 5.72. The van der Waals surface area contributed by atoms with Crippen LogP contribution in [0.15, 0.2) is 449 Å². The molecule has 8 heteroatoms. The van der Waals surface area contributed by atoms with Gasteiger partial charge in [-0.1, -0.05) is 386 Å². The predicted molar refractivity (Wildman–Crippen MR) is 598 cm³/mol. The first-order valence-electron chi connectivity index (χ1n) is 47.9. The minimum atomic E-state index is -0.0376. The summed E-state index contributed by atoms with van der Waals surface area (Å²) in [5.41, 5.74) is 31.5. The normalized spacial score (nSPS) is 12.6. The highest BCUT2D eigenvalue weighted by atomic mass is 32.1. The first kappa shape index (κ1) is 82.0. The second-order valence-electron chi connectivity index (χ2n) is 38.4. The molecule has 0 fully saturated rings. The van der Waals surface area contributed by atoms with Crippen molar-refractivity contribution in [3.8, 4) is 95.2 Å². The van der Waals surface area contributed by atoms with Gasteiger partial charge in [-0.2, -0.15) is 0 Å². The van der Waals surface area contributed by atoms with Crippen LogP contribution in [0.3, 0.4) is 0 Å². The SMILES string of the molecule is CC(C)(C)c1ccc(-c2cccc3c2sc2c4ccccc4c4c(c5ccc(-c6ccccc6)cc5n4-c4ccccc4)c32)cc1.CC1(C)c2ccccc2-c2ccc(-c3ccc4sc5c6ccccc6c6c(c7ccc(-c8ccccc8)cc7n6-c6ccccc6)c5c4c3)cc21.c1ccc(-c2ccc3c4c5c6cccc(-c7ncccn7)c6sc5c5ccccc5c4n(-c4ccccc4)c3c2)cc1. The van der Waals surface area contributed by atoms with E-state index < -0.39 is 0 Å². The molecule has 7 heterocycles. The lowest BCUT2D eigenvalue weighted by Gasteiger charge is -2.22. The van der Waals surface area contributed by atoms with Gasteiger partial charge in [0.05, 0.1) is 33.1 Å². The molecule has 0 radical (unpaired) electrons. The van der Waals surface area contributed by atoms with E-state index in [9.17, 15) is 0 Å². The van der Waals surface area contributed by atoms with E-state index in [0.717, 1.165) is 17.1 Å². The zero-order valence-electron chi connectivity index (χ0n) is 77.2. The van der Waals surface area contributed by atoms with Crippen LogP contribution in [0.1, 0.15) is 51.3 Å². The van der Waals surface area contributed by atoms with Crippen LogP contribution in [-0.4, -0.2) is 23.7 Å². The lowest BCUT2D eigenvalue weighted by molar-refractivity contribution is 0.590. The van der Waals surface area contributed by atoms with Crippen molar-refractivity contribution >= 4 is 192 Å². The van der Waals surface area contributed by atoms with Crippen LogP contribution in [0.5, 0.6) is 0 Å². The highest BCUT2D eigenvalue weighted by Gasteiger charge is 2.36. The van der Waals surface area contributed by atoms with Gasteiger partial charge in [0.25, 0.3) is 0 Å². The van der Waals surface area contributed by atoms with Crippen LogP contribution in [0.25, 0.3) is 253 Å². The number of nitrogens with zero attached hydrogens (tertiary/aromatic N) is 5. The zero-order chi connectivity index (χ0) is 92.5. The summed E-state index contributed by atoms with van der Waals surface area (Å²) in [5, 5.41) is 23.4. The van der Waals surface area contributed by atoms with E-state index >= 15 is 0 Å². The number of para-hydroxylation sites is 3. The molecular weight excluding hydrogens is 1740 g/mol. The average molecular weight is 1830 g/mol. The van der Waals surface area contributed by atoms with Gasteiger partial charge in [-0.25, -0.2) is 9.97 Å². The van der Waals surface area contributed by atoms with E-state index in [1.165, 1.54) is 253 Å². The molecule has 7 aromatic heterocycles. The summed E-state index contributed by atoms with van der Waals surface area (Å²) in [6, 6.07) is 160. The number of hydrogen-bond acceptors (Lipinski definition) is 5. The molecule has 0 saturated carbocycles. The van der Waals surface area contributed by atoms with Crippen LogP contribution in [0.4, 0.5) is 0 Å². The maximum absolute atomic E-state index is 4.62. The van der Waals surface area contributed by atoms with Crippen molar-refractivity contribution in [3.05, 3.63) is 466 Å². The first-order chi connectivity index (χ1) is 68.4. The van der Waals surface area contributed by atoms with Gasteiger partial charge >= 0.3 is 0 Å². The number of benzene rings is 21. The topological polar surface area (TPSA) is 40.6 Å². The first-order valence-corrected chi connectivity index (χ1v) is 50.3. The van der Waals surface area contributed by atoms with Crippen molar-refractivity contribution in [1.29, 1.82) is 0 Å². The van der Waals surface area contributed by atoms with Gasteiger partial charge in [0.15, 0.2) is 5.82 Å². The fourth-order valence-electron chi connectivity index (χ4n) is 22.7. The van der Waals surface area contributed by atoms with E-state index in [2.05, 4.69) is 489 Å². The summed E-state index contributed by atoms with van der Waals surface area (Å²) in [5.74, 6) is 0.759. The summed E-state index contributed by atoms with van der Waals surface area (Å²) in [6.07, 6.45) is 3.64. The summed E-state index contributed by atoms with van der Waals surface area (Å²) in [7, 11) is 0. The van der Waals surface area contributed by atoms with Crippen LogP contribution in [0, 0.1) is 0 Å². The lowest BCUT2D eigenvalue weighted by Crippen LogP contribution is -2.14. The fourth-order valence-corrected chi connectivity index (χ4v) is 26.7. The molecule has 139 heavy (non-hydrogen) atoms. The largest absolute Gasteiger partial charge is 0.309 e. The number of hydrogen-bond donors (Lipinski definition) is 0. The molecule has 0 aliphatic heterocycles. The summed E-state index contributed by atoms with van der Waals surface area (Å²) in [4.78, 5) is 9.24. The quantitative estimate of drug-likeness (QED) is 0.144. The zero-order valence-corrected chi connectivity index (χ0v) is 79.6. The molecule has 0 spiro atoms. The summed E-state index contributed by atoms with van der Waals surface area (Å²) < 4.78 is 15.4. The molecule has 0 unspecified atom stereocenters. The van der Waals surface area contributed by atoms with Gasteiger partial charge in [-0.15, -0.1) is 34.0 Å². The molecule has 29 rings (SSSR count). The fraction of sp³-hybridized carbons (Fsp3) is 0.0534. The van der Waals surface area contributed by atoms with E-state index in [0.29, 0.717) is 0 Å². The Morgan fingerprint density at radius 2 is 0.561 bits per heavy atom. The van der Waals surface area contributed by atoms with Crippen LogP contribution >= 0.6 is 34.0 Å². The molecule has 0 amide bonds. The molecule has 1 aliphatic carbocycles. The highest BCUT2D eigenvalue weighted by Crippen LogP contribution is 2.57. The van der Waals surface area contributed by atoms with Crippen LogP contribution < -0.4 is 0 Å². The minimum absolute atomic E-state index is 0.0376. The molecule has 0 N–H and O–H groups in total. The van der Waals surface area contributed by atoms with Crippen LogP contribution in [0.2, 0.25) is 0 Å². The molecule has 656 valence electrons. The van der Waals surface area contributed by atoms with Crippen molar-refractivity contribution in [1.82, 2.24) is 23.7 Å². The van der Waals surface area contributed by atoms with Gasteiger partial charge in [0.1, 0.15) is 0 Å². The van der Waals surface area contributed by atoms with Crippen molar-refractivity contribution < 1.29 is 0 Å². The van der Waals surface area contributed by atoms with Crippen molar-refractivity contribution in [2.45, 2.75) is 45.4 Å². The molecule has 0 atom stereocenters. The van der Waals surface area contributed by atoms with Gasteiger partial charge in [0.2, 0.25) is 0 Å². The van der Waals surface area contributed by atoms with Gasteiger partial charge in [-0.3, -0.25) is 0 Å². The molecule has 28 aromatic rings. The third-order valence-electron chi connectivity index (χ3n) is 29.2. The monoisotopic (exact) mass is 1830 g/mol. The Balaban J connectivity index is 0.000000105. The van der Waals surface area contributed by atoms with Crippen molar-refractivity contribution in [2.24, 2.45) is 0 Å². The number of fused-ring (bicyclic) bond motifs is 33. The predicted octanol–water partition coefficient (Wildman–Crippen LogP) is 37.3. The average Bonchev–Trinajstić information content (AvgIpc) is 1.52. The molecule has 5 nitrogen and oxygen atoms in total. The second-order valence-corrected chi connectivity index (χ2v) is 41.5. The summed E-state index contributed by atoms with van der Waals surface area (Å²) in [6.45, 7) is 11.6. The van der Waals surface area contributed by atoms with Crippen molar-refractivity contribution in [2.75, 3.05) is 0 Å². The lowest BCUT2D eigenvalue weighted by atomic mass is 9.81. The van der Waals surface area contributed by atoms with E-state index in [-0.39, 0.29) is 10.8 Å². The highest BCUT2D eigenvalue weighted by molar-refractivity contribution is 7.28. The van der Waals surface area contributed by atoms with Gasteiger partial charge < -0.3 is 13.7 Å². The number of aromatic nitrogens is 5. The van der Waals surface area contributed by atoms with Gasteiger partial charge in [0, 0.05) is 166 Å². The molecule has 1 aliphatic rings. The molecule has 0 bridgehead atoms. The van der Waals surface area contributed by atoms with E-state index in [1.807, 2.05) is 52.5 Å². The number of thiophene rings is 3. The Bertz CT molecular complexity index is 9850. The smallest absolute Gasteiger partial charge is 0.160 e. The Morgan fingerprint density at radius 1 is 0.223 bits per heavy atom. The van der Waals surface area contributed by atoms with Crippen molar-refractivity contribution in [3.63, 3.8) is 0 Å². The standard InChI is InChI=1S/C49H33NS.C44H33NS.C38H23N3S/c1-49(2)41-20-12-11-17-35(41)36-24-21-32(28-42(36)49)31-23-26-44-40(27-31)46-45-39-25-22-33(30-13-5-3-6-14-30)29-43(39)50(34-15-7-4-8-16-34)47(45)37-18-9-10-19-38(37)48(46)51-44;1-44(2,3)31-24-21-29(22-25-31)33-19-12-20-37-40-39-36-26-23-30(28-13-6-4-7-14-28)27-38(36)45(32-15-8-5-9-16-32)41(39)34-17-10-11-18-35(34)43(40)46-42(33)37;1-3-11-24(12-4-1)25-19-20-29-32(23-25)41(26-13-5-2-6-14-26)35-27-15-7-8-16-28(27)37-34(33(29)35)30-17-9-18-31(36(30)42-37)38-39-21-10-22-40-38/h3-29H,1-2H3;4-27H,1-3H3;1-23H. The second kappa shape index (κ2) is 32.4. The molecule has 0 saturated heterocycles. The third-order valence-corrected chi connectivity index (χ3v) is 33.0.